The fourth-order valence-electron chi connectivity index (χ4n) is 1.45. The third-order valence-corrected chi connectivity index (χ3v) is 2.25. The van der Waals surface area contributed by atoms with E-state index in [1.165, 1.54) is 12.1 Å². The van der Waals surface area contributed by atoms with Crippen LogP contribution in [0.15, 0.2) is 30.4 Å². The second kappa shape index (κ2) is 6.27. The van der Waals surface area contributed by atoms with Gasteiger partial charge in [-0.2, -0.15) is 0 Å². The van der Waals surface area contributed by atoms with Crippen LogP contribution in [0.5, 0.6) is 5.75 Å². The molecule has 0 aliphatic carbocycles. The van der Waals surface area contributed by atoms with Crippen molar-refractivity contribution in [3.63, 3.8) is 0 Å². The van der Waals surface area contributed by atoms with Crippen LogP contribution in [0.3, 0.4) is 0 Å². The van der Waals surface area contributed by atoms with Crippen LogP contribution in [0.4, 0.5) is 0 Å². The number of benzene rings is 1. The van der Waals surface area contributed by atoms with Gasteiger partial charge in [-0.05, 0) is 31.0 Å². The van der Waals surface area contributed by atoms with E-state index in [2.05, 4.69) is 6.58 Å². The SMILES string of the molecule is C=C(C)C[C@H](N)c1ccc(O)c(C(=O)O)c1.Cl. The summed E-state index contributed by atoms with van der Waals surface area (Å²) in [5, 5.41) is 18.2. The van der Waals surface area contributed by atoms with E-state index in [1.807, 2.05) is 6.92 Å². The molecule has 0 amide bonds. The van der Waals surface area contributed by atoms with E-state index in [4.69, 9.17) is 10.8 Å². The highest BCUT2D eigenvalue weighted by atomic mass is 35.5. The third-order valence-electron chi connectivity index (χ3n) is 2.25. The summed E-state index contributed by atoms with van der Waals surface area (Å²) in [6, 6.07) is 4.06. The normalized spacial score (nSPS) is 11.4. The molecule has 4 nitrogen and oxygen atoms in total. The maximum Gasteiger partial charge on any atom is 0.339 e. The highest BCUT2D eigenvalue weighted by Gasteiger charge is 2.13. The fourth-order valence-corrected chi connectivity index (χ4v) is 1.45. The van der Waals surface area contributed by atoms with Crippen LogP contribution in [0.2, 0.25) is 0 Å². The minimum atomic E-state index is -1.16. The molecular formula is C12H16ClNO3. The van der Waals surface area contributed by atoms with Crippen LogP contribution >= 0.6 is 12.4 Å². The van der Waals surface area contributed by atoms with Crippen molar-refractivity contribution in [3.8, 4) is 5.75 Å². The van der Waals surface area contributed by atoms with Gasteiger partial charge in [0.25, 0.3) is 0 Å². The molecule has 0 radical (unpaired) electrons. The highest BCUT2D eigenvalue weighted by molar-refractivity contribution is 5.90. The van der Waals surface area contributed by atoms with Crippen LogP contribution < -0.4 is 5.73 Å². The number of nitrogens with two attached hydrogens (primary N) is 1. The zero-order valence-electron chi connectivity index (χ0n) is 9.51. The highest BCUT2D eigenvalue weighted by Crippen LogP contribution is 2.24. The number of halogens is 1. The lowest BCUT2D eigenvalue weighted by Gasteiger charge is -2.13. The van der Waals surface area contributed by atoms with Crippen molar-refractivity contribution in [2.75, 3.05) is 0 Å². The predicted molar refractivity (Wildman–Crippen MR) is 68.7 cm³/mol. The number of aromatic carboxylic acids is 1. The summed E-state index contributed by atoms with van der Waals surface area (Å²) in [4.78, 5) is 10.8. The van der Waals surface area contributed by atoms with E-state index >= 15 is 0 Å². The first-order chi connectivity index (χ1) is 7.41. The Balaban J connectivity index is 0.00000256. The summed E-state index contributed by atoms with van der Waals surface area (Å²) >= 11 is 0. The molecule has 0 fully saturated rings. The van der Waals surface area contributed by atoms with Crippen molar-refractivity contribution in [2.24, 2.45) is 5.73 Å². The van der Waals surface area contributed by atoms with Crippen molar-refractivity contribution in [2.45, 2.75) is 19.4 Å². The number of hydrogen-bond donors (Lipinski definition) is 3. The van der Waals surface area contributed by atoms with Gasteiger partial charge in [-0.25, -0.2) is 4.79 Å². The molecule has 1 aromatic rings. The first-order valence-corrected chi connectivity index (χ1v) is 4.88. The van der Waals surface area contributed by atoms with Gasteiger partial charge in [0.1, 0.15) is 11.3 Å². The summed E-state index contributed by atoms with van der Waals surface area (Å²) in [6.45, 7) is 5.61. The minimum Gasteiger partial charge on any atom is -0.507 e. The van der Waals surface area contributed by atoms with Gasteiger partial charge in [0.15, 0.2) is 0 Å². The van der Waals surface area contributed by atoms with Gasteiger partial charge in [-0.15, -0.1) is 19.0 Å². The van der Waals surface area contributed by atoms with E-state index in [0.29, 0.717) is 12.0 Å². The second-order valence-corrected chi connectivity index (χ2v) is 3.85. The number of carboxylic acid groups (broad SMARTS) is 1. The molecule has 0 aromatic heterocycles. The topological polar surface area (TPSA) is 83.5 Å². The van der Waals surface area contributed by atoms with E-state index in [0.717, 1.165) is 5.57 Å². The quantitative estimate of drug-likeness (QED) is 0.724. The fraction of sp³-hybridized carbons (Fsp3) is 0.250. The van der Waals surface area contributed by atoms with E-state index in [-0.39, 0.29) is 29.8 Å². The smallest absolute Gasteiger partial charge is 0.339 e. The van der Waals surface area contributed by atoms with E-state index in [9.17, 15) is 9.90 Å². The molecule has 94 valence electrons. The summed E-state index contributed by atoms with van der Waals surface area (Å²) < 4.78 is 0. The lowest BCUT2D eigenvalue weighted by Crippen LogP contribution is -2.11. The van der Waals surface area contributed by atoms with Gasteiger partial charge in [0, 0.05) is 6.04 Å². The largest absolute Gasteiger partial charge is 0.507 e. The van der Waals surface area contributed by atoms with Crippen molar-refractivity contribution in [3.05, 3.63) is 41.5 Å². The average molecular weight is 258 g/mol. The van der Waals surface area contributed by atoms with Crippen LogP contribution in [0.25, 0.3) is 0 Å². The van der Waals surface area contributed by atoms with Crippen LogP contribution in [-0.2, 0) is 0 Å². The molecule has 0 saturated heterocycles. The van der Waals surface area contributed by atoms with Crippen LogP contribution in [0.1, 0.15) is 35.3 Å². The molecule has 1 rings (SSSR count). The van der Waals surface area contributed by atoms with E-state index < -0.39 is 5.97 Å². The maximum atomic E-state index is 10.8. The molecule has 0 aliphatic heterocycles. The van der Waals surface area contributed by atoms with Crippen LogP contribution in [-0.4, -0.2) is 16.2 Å². The molecular weight excluding hydrogens is 242 g/mol. The Morgan fingerprint density at radius 1 is 1.53 bits per heavy atom. The van der Waals surface area contributed by atoms with Gasteiger partial charge in [-0.1, -0.05) is 11.6 Å². The lowest BCUT2D eigenvalue weighted by molar-refractivity contribution is 0.0693. The molecule has 0 heterocycles. The van der Waals surface area contributed by atoms with Crippen LogP contribution in [0, 0.1) is 0 Å². The summed E-state index contributed by atoms with van der Waals surface area (Å²) in [5.41, 5.74) is 7.36. The third kappa shape index (κ3) is 4.09. The summed E-state index contributed by atoms with van der Waals surface area (Å²) in [6.07, 6.45) is 0.587. The van der Waals surface area contributed by atoms with Gasteiger partial charge >= 0.3 is 5.97 Å². The molecule has 17 heavy (non-hydrogen) atoms. The lowest BCUT2D eigenvalue weighted by atomic mass is 9.99. The number of carbonyl (C=O) groups is 1. The van der Waals surface area contributed by atoms with E-state index in [1.54, 1.807) is 6.07 Å². The molecule has 0 aliphatic rings. The minimum absolute atomic E-state index is 0. The predicted octanol–water partition coefficient (Wildman–Crippen LogP) is 2.48. The number of rotatable bonds is 4. The van der Waals surface area contributed by atoms with Gasteiger partial charge in [0.2, 0.25) is 0 Å². The molecule has 0 saturated carbocycles. The van der Waals surface area contributed by atoms with Gasteiger partial charge < -0.3 is 15.9 Å². The zero-order valence-corrected chi connectivity index (χ0v) is 10.3. The molecule has 4 N–H and O–H groups in total. The molecule has 0 spiro atoms. The summed E-state index contributed by atoms with van der Waals surface area (Å²) in [5.74, 6) is -1.42. The Kier molecular flexibility index (Phi) is 5.71. The first-order valence-electron chi connectivity index (χ1n) is 4.88. The first kappa shape index (κ1) is 15.5. The van der Waals surface area contributed by atoms with Crippen molar-refractivity contribution in [1.29, 1.82) is 0 Å². The molecule has 0 unspecified atom stereocenters. The van der Waals surface area contributed by atoms with Gasteiger partial charge in [-0.3, -0.25) is 0 Å². The Bertz CT molecular complexity index is 432. The number of carboxylic acids is 1. The Hall–Kier alpha value is -1.52. The van der Waals surface area contributed by atoms with Crippen molar-refractivity contribution >= 4 is 18.4 Å². The monoisotopic (exact) mass is 257 g/mol. The number of hydrogen-bond acceptors (Lipinski definition) is 3. The summed E-state index contributed by atoms with van der Waals surface area (Å²) in [7, 11) is 0. The molecule has 5 heteroatoms. The standard InChI is InChI=1S/C12H15NO3.ClH/c1-7(2)5-10(13)8-3-4-11(14)9(6-8)12(15)16;/h3-4,6,10,14H,1,5,13H2,2H3,(H,15,16);1H/t10-;/m0./s1. The molecule has 0 bridgehead atoms. The van der Waals surface area contributed by atoms with Crippen molar-refractivity contribution < 1.29 is 15.0 Å². The maximum absolute atomic E-state index is 10.8. The Morgan fingerprint density at radius 2 is 2.12 bits per heavy atom. The molecule has 1 aromatic carbocycles. The van der Waals surface area contributed by atoms with Crippen molar-refractivity contribution in [1.82, 2.24) is 0 Å². The zero-order chi connectivity index (χ0) is 12.3. The molecule has 1 atom stereocenters. The Labute approximate surface area is 106 Å². The number of aromatic hydroxyl groups is 1. The Morgan fingerprint density at radius 3 is 2.59 bits per heavy atom. The number of phenols is 1. The second-order valence-electron chi connectivity index (χ2n) is 3.85. The van der Waals surface area contributed by atoms with Gasteiger partial charge in [0.05, 0.1) is 0 Å². The average Bonchev–Trinajstić information content (AvgIpc) is 2.16.